The first-order chi connectivity index (χ1) is 11.1. The van der Waals surface area contributed by atoms with Gasteiger partial charge in [0.25, 0.3) is 0 Å². The fourth-order valence-corrected chi connectivity index (χ4v) is 5.89. The van der Waals surface area contributed by atoms with Gasteiger partial charge in [0.2, 0.25) is 0 Å². The Bertz CT molecular complexity index is 591. The average molecular weight is 358 g/mol. The van der Waals surface area contributed by atoms with Crippen LogP contribution >= 0.6 is 22.9 Å². The van der Waals surface area contributed by atoms with Crippen LogP contribution in [0.25, 0.3) is 0 Å². The van der Waals surface area contributed by atoms with Crippen LogP contribution in [0.1, 0.15) is 35.8 Å². The van der Waals surface area contributed by atoms with E-state index in [1.807, 2.05) is 0 Å². The number of nitrogens with zero attached hydrogens (tertiary/aromatic N) is 1. The number of halogens is 1. The number of thiophene rings is 1. The molecular weight excluding hydrogens is 334 g/mol. The monoisotopic (exact) mass is 357 g/mol. The number of likely N-dealkylation sites (tertiary alicyclic amines) is 1. The molecule has 128 valence electrons. The first-order valence-electron chi connectivity index (χ1n) is 8.41. The minimum absolute atomic E-state index is 0.0330. The standard InChI is InChI=1S/C17H24ClNO3S/c1-16(10-21-11-16)9-19-5-3-17(4-6-19)14-12(2-7-22-17)13(8-20)15(18)23-14/h20H,2-11H2,1H3. The molecule has 0 bridgehead atoms. The van der Waals surface area contributed by atoms with Crippen LogP contribution in [0.4, 0.5) is 0 Å². The number of hydrogen-bond donors (Lipinski definition) is 1. The molecule has 0 amide bonds. The Morgan fingerprint density at radius 3 is 2.65 bits per heavy atom. The summed E-state index contributed by atoms with van der Waals surface area (Å²) in [7, 11) is 0. The summed E-state index contributed by atoms with van der Waals surface area (Å²) in [5.74, 6) is 0. The molecule has 0 atom stereocenters. The molecule has 1 N–H and O–H groups in total. The van der Waals surface area contributed by atoms with Crippen molar-refractivity contribution in [2.75, 3.05) is 39.5 Å². The topological polar surface area (TPSA) is 41.9 Å². The van der Waals surface area contributed by atoms with Crippen molar-refractivity contribution < 1.29 is 14.6 Å². The second-order valence-corrected chi connectivity index (χ2v) is 9.12. The summed E-state index contributed by atoms with van der Waals surface area (Å²) in [4.78, 5) is 3.82. The lowest BCUT2D eigenvalue weighted by Gasteiger charge is -2.47. The van der Waals surface area contributed by atoms with E-state index in [-0.39, 0.29) is 12.2 Å². The van der Waals surface area contributed by atoms with E-state index in [0.29, 0.717) is 5.41 Å². The Balaban J connectivity index is 1.51. The lowest BCUT2D eigenvalue weighted by atomic mass is 9.82. The van der Waals surface area contributed by atoms with Gasteiger partial charge < -0.3 is 19.5 Å². The van der Waals surface area contributed by atoms with E-state index in [1.165, 1.54) is 10.4 Å². The molecule has 2 fully saturated rings. The van der Waals surface area contributed by atoms with Crippen molar-refractivity contribution in [1.82, 2.24) is 4.90 Å². The maximum atomic E-state index is 9.61. The van der Waals surface area contributed by atoms with Crippen LogP contribution in [0.15, 0.2) is 0 Å². The molecule has 2 saturated heterocycles. The second-order valence-electron chi connectivity index (χ2n) is 7.49. The largest absolute Gasteiger partial charge is 0.392 e. The molecular formula is C17H24ClNO3S. The van der Waals surface area contributed by atoms with Gasteiger partial charge in [0.05, 0.1) is 30.8 Å². The van der Waals surface area contributed by atoms with Crippen LogP contribution in [0.5, 0.6) is 0 Å². The first-order valence-corrected chi connectivity index (χ1v) is 9.60. The van der Waals surface area contributed by atoms with E-state index >= 15 is 0 Å². The maximum Gasteiger partial charge on any atom is 0.105 e. The minimum Gasteiger partial charge on any atom is -0.392 e. The van der Waals surface area contributed by atoms with Crippen molar-refractivity contribution in [1.29, 1.82) is 0 Å². The van der Waals surface area contributed by atoms with Crippen molar-refractivity contribution in [2.24, 2.45) is 5.41 Å². The van der Waals surface area contributed by atoms with E-state index in [0.717, 1.165) is 68.6 Å². The van der Waals surface area contributed by atoms with Crippen molar-refractivity contribution in [3.05, 3.63) is 20.3 Å². The molecule has 4 heterocycles. The van der Waals surface area contributed by atoms with Gasteiger partial charge in [-0.1, -0.05) is 18.5 Å². The van der Waals surface area contributed by atoms with Crippen molar-refractivity contribution >= 4 is 22.9 Å². The third-order valence-corrected chi connectivity index (χ3v) is 7.25. The lowest BCUT2D eigenvalue weighted by Crippen LogP contribution is -2.53. The van der Waals surface area contributed by atoms with Gasteiger partial charge in [-0.15, -0.1) is 11.3 Å². The Morgan fingerprint density at radius 1 is 1.30 bits per heavy atom. The number of piperidine rings is 1. The summed E-state index contributed by atoms with van der Waals surface area (Å²) < 4.78 is 12.4. The zero-order chi connectivity index (χ0) is 16.1. The van der Waals surface area contributed by atoms with Gasteiger partial charge in [0.15, 0.2) is 0 Å². The van der Waals surface area contributed by atoms with E-state index in [9.17, 15) is 5.11 Å². The number of hydrogen-bond acceptors (Lipinski definition) is 5. The highest BCUT2D eigenvalue weighted by molar-refractivity contribution is 7.16. The smallest absolute Gasteiger partial charge is 0.105 e. The normalized spacial score (nSPS) is 26.0. The summed E-state index contributed by atoms with van der Waals surface area (Å²) in [6, 6.07) is 0. The zero-order valence-electron chi connectivity index (χ0n) is 13.6. The van der Waals surface area contributed by atoms with Crippen LogP contribution < -0.4 is 0 Å². The van der Waals surface area contributed by atoms with E-state index in [1.54, 1.807) is 11.3 Å². The fourth-order valence-electron chi connectivity index (χ4n) is 4.20. The number of aliphatic hydroxyl groups excluding tert-OH is 1. The molecule has 23 heavy (non-hydrogen) atoms. The molecule has 1 aromatic heterocycles. The number of fused-ring (bicyclic) bond motifs is 2. The predicted molar refractivity (Wildman–Crippen MR) is 91.2 cm³/mol. The highest BCUT2D eigenvalue weighted by Crippen LogP contribution is 2.48. The van der Waals surface area contributed by atoms with Crippen molar-refractivity contribution in [3.63, 3.8) is 0 Å². The summed E-state index contributed by atoms with van der Waals surface area (Å²) >= 11 is 7.98. The Morgan fingerprint density at radius 2 is 2.04 bits per heavy atom. The third kappa shape index (κ3) is 2.75. The first kappa shape index (κ1) is 16.3. The van der Waals surface area contributed by atoms with E-state index in [4.69, 9.17) is 21.1 Å². The molecule has 4 nitrogen and oxygen atoms in total. The van der Waals surface area contributed by atoms with Crippen LogP contribution in [0.2, 0.25) is 4.34 Å². The predicted octanol–water partition coefficient (Wildman–Crippen LogP) is 2.79. The molecule has 3 aliphatic heterocycles. The lowest BCUT2D eigenvalue weighted by molar-refractivity contribution is -0.134. The molecule has 6 heteroatoms. The van der Waals surface area contributed by atoms with Crippen LogP contribution in [-0.4, -0.2) is 49.5 Å². The fraction of sp³-hybridized carbons (Fsp3) is 0.765. The molecule has 4 rings (SSSR count). The van der Waals surface area contributed by atoms with E-state index in [2.05, 4.69) is 11.8 Å². The van der Waals surface area contributed by atoms with Gasteiger partial charge in [-0.2, -0.15) is 0 Å². The quantitative estimate of drug-likeness (QED) is 0.903. The molecule has 0 aromatic carbocycles. The Labute approximate surface area is 146 Å². The van der Waals surface area contributed by atoms with Crippen molar-refractivity contribution in [2.45, 2.75) is 38.4 Å². The maximum absolute atomic E-state index is 9.61. The SMILES string of the molecule is CC1(CN2CCC3(CC2)OCCc2c3sc(Cl)c2CO)COC1. The molecule has 0 aliphatic carbocycles. The van der Waals surface area contributed by atoms with Gasteiger partial charge >= 0.3 is 0 Å². The highest BCUT2D eigenvalue weighted by atomic mass is 35.5. The molecule has 0 unspecified atom stereocenters. The summed E-state index contributed by atoms with van der Waals surface area (Å²) in [6.07, 6.45) is 2.90. The van der Waals surface area contributed by atoms with Gasteiger partial charge in [-0.05, 0) is 24.8 Å². The van der Waals surface area contributed by atoms with Crippen LogP contribution in [-0.2, 0) is 28.1 Å². The second kappa shape index (κ2) is 5.97. The number of rotatable bonds is 3. The van der Waals surface area contributed by atoms with Crippen LogP contribution in [0, 0.1) is 5.41 Å². The van der Waals surface area contributed by atoms with Gasteiger partial charge in [0.1, 0.15) is 5.60 Å². The third-order valence-electron chi connectivity index (χ3n) is 5.54. The number of ether oxygens (including phenoxy) is 2. The van der Waals surface area contributed by atoms with Crippen LogP contribution in [0.3, 0.4) is 0 Å². The molecule has 0 radical (unpaired) electrons. The molecule has 1 aromatic rings. The molecule has 0 saturated carbocycles. The Kier molecular flexibility index (Phi) is 4.23. The highest BCUT2D eigenvalue weighted by Gasteiger charge is 2.45. The van der Waals surface area contributed by atoms with Gasteiger partial charge in [-0.3, -0.25) is 0 Å². The summed E-state index contributed by atoms with van der Waals surface area (Å²) in [6.45, 7) is 8.07. The van der Waals surface area contributed by atoms with Gasteiger partial charge in [-0.25, -0.2) is 0 Å². The van der Waals surface area contributed by atoms with E-state index < -0.39 is 0 Å². The minimum atomic E-state index is -0.178. The molecule has 1 spiro atoms. The zero-order valence-corrected chi connectivity index (χ0v) is 15.1. The average Bonchev–Trinajstić information content (AvgIpc) is 2.85. The summed E-state index contributed by atoms with van der Waals surface area (Å²) in [5, 5.41) is 9.61. The van der Waals surface area contributed by atoms with Gasteiger partial charge in [0, 0.05) is 35.5 Å². The molecule has 3 aliphatic rings. The Hall–Kier alpha value is -0.170. The van der Waals surface area contributed by atoms with Crippen molar-refractivity contribution in [3.8, 4) is 0 Å². The summed E-state index contributed by atoms with van der Waals surface area (Å²) in [5.41, 5.74) is 2.33. The number of aliphatic hydroxyl groups is 1.